The molecule has 2 N–H and O–H groups in total. The molecule has 8 nitrogen and oxygen atoms in total. The number of hydrogen-bond donors (Lipinski definition) is 2. The van der Waals surface area contributed by atoms with Crippen molar-refractivity contribution in [3.63, 3.8) is 0 Å². The largest absolute Gasteiger partial charge is 0.325 e. The van der Waals surface area contributed by atoms with Crippen molar-refractivity contribution in [2.75, 3.05) is 10.6 Å². The van der Waals surface area contributed by atoms with Gasteiger partial charge in [0.1, 0.15) is 0 Å². The van der Waals surface area contributed by atoms with Crippen LogP contribution in [0.4, 0.5) is 11.4 Å². The van der Waals surface area contributed by atoms with E-state index < -0.39 is 23.1 Å². The van der Waals surface area contributed by atoms with E-state index in [1.165, 1.54) is 77.0 Å². The lowest BCUT2D eigenvalue weighted by Gasteiger charge is -2.27. The summed E-state index contributed by atoms with van der Waals surface area (Å²) in [5.41, 5.74) is 2.24. The van der Waals surface area contributed by atoms with Crippen LogP contribution in [0.2, 0.25) is 0 Å². The first-order valence-corrected chi connectivity index (χ1v) is 23.6. The number of hydrogen-bond acceptors (Lipinski definition) is 6. The number of ketones is 4. The van der Waals surface area contributed by atoms with E-state index in [9.17, 15) is 28.8 Å². The Hall–Kier alpha value is -5.50. The number of nitrogens with one attached hydrogen (secondary N) is 2. The van der Waals surface area contributed by atoms with Gasteiger partial charge in [-0.25, -0.2) is 0 Å². The summed E-state index contributed by atoms with van der Waals surface area (Å²) in [4.78, 5) is 84.8. The number of benzene rings is 4. The Kier molecular flexibility index (Phi) is 15.5. The topological polar surface area (TPSA) is 126 Å². The maximum absolute atomic E-state index is 14.5. The third-order valence-electron chi connectivity index (χ3n) is 13.2. The van der Waals surface area contributed by atoms with Crippen molar-refractivity contribution in [3.8, 4) is 11.1 Å². The molecule has 1 saturated carbocycles. The van der Waals surface area contributed by atoms with Crippen LogP contribution >= 0.6 is 0 Å². The van der Waals surface area contributed by atoms with Crippen molar-refractivity contribution >= 4 is 46.3 Å². The lowest BCUT2D eigenvalue weighted by Crippen LogP contribution is -2.29. The highest BCUT2D eigenvalue weighted by molar-refractivity contribution is 6.35. The van der Waals surface area contributed by atoms with Crippen molar-refractivity contribution in [1.82, 2.24) is 0 Å². The van der Waals surface area contributed by atoms with E-state index in [1.54, 1.807) is 72.8 Å². The van der Waals surface area contributed by atoms with E-state index in [0.717, 1.165) is 51.4 Å². The van der Waals surface area contributed by atoms with E-state index >= 15 is 0 Å². The minimum Gasteiger partial charge on any atom is -0.325 e. The van der Waals surface area contributed by atoms with Crippen LogP contribution in [0.3, 0.4) is 0 Å². The second-order valence-electron chi connectivity index (χ2n) is 17.7. The molecule has 0 spiro atoms. The predicted octanol–water partition coefficient (Wildman–Crippen LogP) is 13.0. The number of amides is 2. The Labute approximate surface area is 367 Å². The molecular formula is C54H62N2O6. The number of carbonyl (C=O) groups is 6. The smallest absolute Gasteiger partial charge is 0.227 e. The average Bonchev–Trinajstić information content (AvgIpc) is 3.30. The molecule has 4 aromatic carbocycles. The van der Waals surface area contributed by atoms with Crippen LogP contribution in [-0.4, -0.2) is 34.9 Å². The normalized spacial score (nSPS) is 14.5. The zero-order valence-corrected chi connectivity index (χ0v) is 36.5. The summed E-state index contributed by atoms with van der Waals surface area (Å²) < 4.78 is 0. The van der Waals surface area contributed by atoms with E-state index in [-0.39, 0.29) is 80.0 Å². The third kappa shape index (κ3) is 10.1. The molecule has 7 rings (SSSR count). The standard InChI is InChI=1S/C54H62N2O6/c1-2-3-4-5-6-7-8-9-10-11-12-13-14-15-16-20-31-45(57)55-43-34-32-37(46-48(43)52(60)41-29-23-21-27-39(41)50(46)58)38-33-35-44(56-54(62)36-25-18-17-19-26-36)49-47(38)51(59)40-28-22-24-30-42(40)53(49)61/h21-24,27-30,32-36H,2-20,25-26,31H2,1H3,(H,55,57)(H,56,62). The van der Waals surface area contributed by atoms with Crippen molar-refractivity contribution in [2.24, 2.45) is 5.92 Å². The zero-order valence-electron chi connectivity index (χ0n) is 36.5. The highest BCUT2D eigenvalue weighted by Gasteiger charge is 2.39. The third-order valence-corrected chi connectivity index (χ3v) is 13.2. The van der Waals surface area contributed by atoms with Crippen molar-refractivity contribution in [2.45, 2.75) is 148 Å². The van der Waals surface area contributed by atoms with Gasteiger partial charge in [0.2, 0.25) is 11.8 Å². The highest BCUT2D eigenvalue weighted by atomic mass is 16.2. The fraction of sp³-hybridized carbons (Fsp3) is 0.444. The van der Waals surface area contributed by atoms with Gasteiger partial charge in [-0.2, -0.15) is 0 Å². The first kappa shape index (κ1) is 44.6. The quantitative estimate of drug-likeness (QED) is 0.0695. The fourth-order valence-corrected chi connectivity index (χ4v) is 9.75. The molecule has 0 heterocycles. The first-order chi connectivity index (χ1) is 30.3. The van der Waals surface area contributed by atoms with Crippen LogP contribution < -0.4 is 10.6 Å². The zero-order chi connectivity index (χ0) is 43.4. The molecule has 0 bridgehead atoms. The number of fused-ring (bicyclic) bond motifs is 4. The Bertz CT molecular complexity index is 2320. The van der Waals surface area contributed by atoms with Gasteiger partial charge in [0.05, 0.1) is 22.5 Å². The lowest BCUT2D eigenvalue weighted by molar-refractivity contribution is -0.120. The van der Waals surface area contributed by atoms with Gasteiger partial charge in [0.25, 0.3) is 0 Å². The summed E-state index contributed by atoms with van der Waals surface area (Å²) in [6, 6.07) is 19.8. The molecular weight excluding hydrogens is 773 g/mol. The van der Waals surface area contributed by atoms with Crippen molar-refractivity contribution in [3.05, 3.63) is 117 Å². The summed E-state index contributed by atoms with van der Waals surface area (Å²) in [5.74, 6) is -2.27. The van der Waals surface area contributed by atoms with E-state index in [0.29, 0.717) is 17.5 Å². The average molecular weight is 835 g/mol. The molecule has 2 amide bonds. The van der Waals surface area contributed by atoms with Gasteiger partial charge in [-0.1, -0.05) is 183 Å². The molecule has 0 unspecified atom stereocenters. The fourth-order valence-electron chi connectivity index (χ4n) is 9.75. The van der Waals surface area contributed by atoms with Gasteiger partial charge in [-0.05, 0) is 42.5 Å². The molecule has 0 radical (unpaired) electrons. The van der Waals surface area contributed by atoms with E-state index in [1.807, 2.05) is 0 Å². The molecule has 4 aromatic rings. The maximum Gasteiger partial charge on any atom is 0.227 e. The Morgan fingerprint density at radius 1 is 0.435 bits per heavy atom. The minimum atomic E-state index is -0.419. The first-order valence-electron chi connectivity index (χ1n) is 23.6. The molecule has 1 fully saturated rings. The van der Waals surface area contributed by atoms with Crippen LogP contribution in [0.15, 0.2) is 72.8 Å². The molecule has 3 aliphatic carbocycles. The molecule has 0 atom stereocenters. The van der Waals surface area contributed by atoms with Gasteiger partial charge in [0, 0.05) is 45.7 Å². The second-order valence-corrected chi connectivity index (χ2v) is 17.7. The molecule has 8 heteroatoms. The second kappa shape index (κ2) is 21.5. The Balaban J connectivity index is 1.07. The predicted molar refractivity (Wildman–Crippen MR) is 246 cm³/mol. The summed E-state index contributed by atoms with van der Waals surface area (Å²) >= 11 is 0. The number of carbonyl (C=O) groups excluding carboxylic acids is 6. The molecule has 0 aliphatic heterocycles. The van der Waals surface area contributed by atoms with E-state index in [4.69, 9.17) is 0 Å². The SMILES string of the molecule is CCCCCCCCCCCCCCCCCCC(=O)Nc1ccc(-c2ccc(NC(=O)C3CCCCC3)c3c2C(=O)c2ccccc2C3=O)c2c1C(=O)c1ccccc1C2=O. The van der Waals surface area contributed by atoms with Gasteiger partial charge in [-0.3, -0.25) is 28.8 Å². The molecule has 3 aliphatic rings. The maximum atomic E-state index is 14.5. The van der Waals surface area contributed by atoms with Gasteiger partial charge < -0.3 is 10.6 Å². The Morgan fingerprint density at radius 3 is 1.23 bits per heavy atom. The van der Waals surface area contributed by atoms with Crippen LogP contribution in [0, 0.1) is 5.92 Å². The minimum absolute atomic E-state index is 0.0601. The number of unbranched alkanes of at least 4 members (excludes halogenated alkanes) is 15. The molecule has 324 valence electrons. The van der Waals surface area contributed by atoms with Crippen LogP contribution in [0.25, 0.3) is 11.1 Å². The highest BCUT2D eigenvalue weighted by Crippen LogP contribution is 2.44. The lowest BCUT2D eigenvalue weighted by atomic mass is 9.75. The monoisotopic (exact) mass is 834 g/mol. The summed E-state index contributed by atoms with van der Waals surface area (Å²) in [7, 11) is 0. The van der Waals surface area contributed by atoms with Gasteiger partial charge in [-0.15, -0.1) is 0 Å². The van der Waals surface area contributed by atoms with Crippen molar-refractivity contribution in [1.29, 1.82) is 0 Å². The van der Waals surface area contributed by atoms with E-state index in [2.05, 4.69) is 17.6 Å². The number of rotatable bonds is 21. The molecule has 0 aromatic heterocycles. The molecule has 0 saturated heterocycles. The van der Waals surface area contributed by atoms with Gasteiger partial charge in [0.15, 0.2) is 23.1 Å². The summed E-state index contributed by atoms with van der Waals surface area (Å²) in [6.45, 7) is 2.26. The Morgan fingerprint density at radius 2 is 0.806 bits per heavy atom. The summed E-state index contributed by atoms with van der Waals surface area (Å²) in [6.07, 6.45) is 24.6. The van der Waals surface area contributed by atoms with Gasteiger partial charge >= 0.3 is 0 Å². The van der Waals surface area contributed by atoms with Crippen molar-refractivity contribution < 1.29 is 28.8 Å². The van der Waals surface area contributed by atoms with Crippen LogP contribution in [0.1, 0.15) is 212 Å². The van der Waals surface area contributed by atoms with Crippen LogP contribution in [0.5, 0.6) is 0 Å². The number of anilines is 2. The van der Waals surface area contributed by atoms with Crippen LogP contribution in [-0.2, 0) is 9.59 Å². The molecule has 62 heavy (non-hydrogen) atoms. The summed E-state index contributed by atoms with van der Waals surface area (Å²) in [5, 5.41) is 5.95.